The maximum Gasteiger partial charge on any atom is 0.427 e. The minimum Gasteiger partial charge on any atom is -0.346 e. The molecule has 0 saturated carbocycles. The number of hydrogen-bond acceptors (Lipinski definition) is 4. The van der Waals surface area contributed by atoms with Crippen LogP contribution >= 0.6 is 22.9 Å². The number of fused-ring (bicyclic) bond motifs is 1. The Kier molecular flexibility index (Phi) is 3.99. The van der Waals surface area contributed by atoms with Crippen LogP contribution in [0.15, 0.2) is 24.7 Å². The average molecular weight is 361 g/mol. The van der Waals surface area contributed by atoms with E-state index < -0.39 is 17.0 Å². The standard InChI is InChI=1S/C13H8ClF3N4OS/c14-7-1-2-18-11-10(7)6(4-19-11)3-9(22)21-12-20-5-8(23-12)13(15,16)17/h1-2,4-5H,3H2,(H,18,19)(H,20,21,22). The van der Waals surface area contributed by atoms with Gasteiger partial charge in [-0.15, -0.1) is 0 Å². The van der Waals surface area contributed by atoms with Gasteiger partial charge in [-0.3, -0.25) is 4.79 Å². The van der Waals surface area contributed by atoms with E-state index in [2.05, 4.69) is 20.3 Å². The molecular formula is C13H8ClF3N4OS. The van der Waals surface area contributed by atoms with Gasteiger partial charge in [-0.1, -0.05) is 22.9 Å². The van der Waals surface area contributed by atoms with E-state index in [9.17, 15) is 18.0 Å². The number of halogens is 4. The van der Waals surface area contributed by atoms with Crippen molar-refractivity contribution in [1.29, 1.82) is 0 Å². The number of pyridine rings is 1. The average Bonchev–Trinajstić information content (AvgIpc) is 3.06. The summed E-state index contributed by atoms with van der Waals surface area (Å²) in [6, 6.07) is 1.59. The normalized spacial score (nSPS) is 11.8. The summed E-state index contributed by atoms with van der Waals surface area (Å²) < 4.78 is 37.5. The highest BCUT2D eigenvalue weighted by Gasteiger charge is 2.33. The van der Waals surface area contributed by atoms with Gasteiger partial charge in [0.1, 0.15) is 10.5 Å². The molecule has 5 nitrogen and oxygen atoms in total. The Hall–Kier alpha value is -2.13. The molecule has 10 heteroatoms. The third kappa shape index (κ3) is 3.30. The predicted molar refractivity (Wildman–Crippen MR) is 80.6 cm³/mol. The fourth-order valence-corrected chi connectivity index (χ4v) is 2.99. The Balaban J connectivity index is 1.75. The largest absolute Gasteiger partial charge is 0.427 e. The molecule has 0 saturated heterocycles. The van der Waals surface area contributed by atoms with E-state index in [4.69, 9.17) is 11.6 Å². The number of nitrogens with one attached hydrogen (secondary N) is 2. The summed E-state index contributed by atoms with van der Waals surface area (Å²) >= 11 is 6.45. The van der Waals surface area contributed by atoms with Crippen LogP contribution in [-0.2, 0) is 17.4 Å². The monoisotopic (exact) mass is 360 g/mol. The first-order valence-corrected chi connectivity index (χ1v) is 7.47. The number of rotatable bonds is 3. The second-order valence-corrected chi connectivity index (χ2v) is 6.02. The lowest BCUT2D eigenvalue weighted by Crippen LogP contribution is -2.14. The van der Waals surface area contributed by atoms with Crippen LogP contribution in [0.2, 0.25) is 5.02 Å². The molecule has 3 rings (SSSR count). The lowest BCUT2D eigenvalue weighted by Gasteiger charge is -2.02. The third-order valence-corrected chi connectivity index (χ3v) is 4.26. The van der Waals surface area contributed by atoms with Crippen LogP contribution in [0.4, 0.5) is 18.3 Å². The molecule has 3 heterocycles. The number of H-pyrrole nitrogens is 1. The van der Waals surface area contributed by atoms with Crippen LogP contribution in [-0.4, -0.2) is 20.9 Å². The van der Waals surface area contributed by atoms with Crippen molar-refractivity contribution in [3.05, 3.63) is 40.1 Å². The topological polar surface area (TPSA) is 70.7 Å². The highest BCUT2D eigenvalue weighted by atomic mass is 35.5. The first-order valence-electron chi connectivity index (χ1n) is 6.28. The smallest absolute Gasteiger partial charge is 0.346 e. The van der Waals surface area contributed by atoms with Gasteiger partial charge in [-0.2, -0.15) is 13.2 Å². The fourth-order valence-electron chi connectivity index (χ4n) is 2.02. The van der Waals surface area contributed by atoms with Crippen molar-refractivity contribution in [2.24, 2.45) is 0 Å². The van der Waals surface area contributed by atoms with Gasteiger partial charge in [0.25, 0.3) is 0 Å². The van der Waals surface area contributed by atoms with E-state index in [1.54, 1.807) is 12.3 Å². The van der Waals surface area contributed by atoms with E-state index in [0.29, 0.717) is 39.2 Å². The number of thiazole rings is 1. The molecule has 23 heavy (non-hydrogen) atoms. The summed E-state index contributed by atoms with van der Waals surface area (Å²) in [7, 11) is 0. The second-order valence-electron chi connectivity index (χ2n) is 4.58. The molecule has 0 atom stereocenters. The van der Waals surface area contributed by atoms with Crippen molar-refractivity contribution >= 4 is 45.0 Å². The predicted octanol–water partition coefficient (Wildman–Crippen LogP) is 3.87. The van der Waals surface area contributed by atoms with Crippen molar-refractivity contribution in [2.45, 2.75) is 12.6 Å². The summed E-state index contributed by atoms with van der Waals surface area (Å²) in [6.07, 6.45) is -0.735. The number of amides is 1. The van der Waals surface area contributed by atoms with Crippen molar-refractivity contribution in [1.82, 2.24) is 15.0 Å². The van der Waals surface area contributed by atoms with E-state index in [1.807, 2.05) is 0 Å². The molecule has 0 aliphatic heterocycles. The first kappa shape index (κ1) is 15.8. The van der Waals surface area contributed by atoms with Gasteiger partial charge in [-0.25, -0.2) is 9.97 Å². The molecule has 0 bridgehead atoms. The zero-order valence-electron chi connectivity index (χ0n) is 11.2. The van der Waals surface area contributed by atoms with Crippen LogP contribution < -0.4 is 5.32 Å². The van der Waals surface area contributed by atoms with E-state index in [1.165, 1.54) is 6.20 Å². The van der Waals surface area contributed by atoms with Crippen molar-refractivity contribution in [3.63, 3.8) is 0 Å². The molecule has 3 aromatic heterocycles. The van der Waals surface area contributed by atoms with Gasteiger partial charge in [0, 0.05) is 17.8 Å². The number of alkyl halides is 3. The molecule has 3 aromatic rings. The zero-order valence-corrected chi connectivity index (χ0v) is 12.8. The molecule has 0 fully saturated rings. The van der Waals surface area contributed by atoms with Crippen LogP contribution in [0.5, 0.6) is 0 Å². The third-order valence-electron chi connectivity index (χ3n) is 2.99. The Morgan fingerprint density at radius 2 is 2.17 bits per heavy atom. The quantitative estimate of drug-likeness (QED) is 0.744. The van der Waals surface area contributed by atoms with Crippen molar-refractivity contribution in [2.75, 3.05) is 5.32 Å². The molecule has 1 amide bonds. The number of aromatic nitrogens is 3. The zero-order chi connectivity index (χ0) is 16.6. The van der Waals surface area contributed by atoms with Crippen LogP contribution in [0.3, 0.4) is 0 Å². The van der Waals surface area contributed by atoms with E-state index in [-0.39, 0.29) is 11.6 Å². The first-order chi connectivity index (χ1) is 10.8. The summed E-state index contributed by atoms with van der Waals surface area (Å²) in [5.41, 5.74) is 1.14. The lowest BCUT2D eigenvalue weighted by molar-refractivity contribution is -0.134. The van der Waals surface area contributed by atoms with Crippen LogP contribution in [0.25, 0.3) is 11.0 Å². The number of carbonyl (C=O) groups excluding carboxylic acids is 1. The van der Waals surface area contributed by atoms with Crippen LogP contribution in [0, 0.1) is 0 Å². The number of carbonyl (C=O) groups is 1. The van der Waals surface area contributed by atoms with E-state index >= 15 is 0 Å². The Morgan fingerprint density at radius 1 is 1.39 bits per heavy atom. The molecule has 2 N–H and O–H groups in total. The molecule has 0 radical (unpaired) electrons. The minimum atomic E-state index is -4.48. The Morgan fingerprint density at radius 3 is 2.87 bits per heavy atom. The number of hydrogen-bond donors (Lipinski definition) is 2. The molecule has 0 aliphatic carbocycles. The lowest BCUT2D eigenvalue weighted by atomic mass is 10.1. The summed E-state index contributed by atoms with van der Waals surface area (Å²) in [4.78, 5) is 21.6. The Labute approximate surface area is 136 Å². The summed E-state index contributed by atoms with van der Waals surface area (Å²) in [6.45, 7) is 0. The van der Waals surface area contributed by atoms with Gasteiger partial charge in [0.15, 0.2) is 5.13 Å². The maximum atomic E-state index is 12.5. The minimum absolute atomic E-state index is 0.0632. The van der Waals surface area contributed by atoms with Crippen LogP contribution in [0.1, 0.15) is 10.4 Å². The van der Waals surface area contributed by atoms with Gasteiger partial charge in [0.2, 0.25) is 5.91 Å². The molecular weight excluding hydrogens is 353 g/mol. The Bertz CT molecular complexity index is 874. The van der Waals surface area contributed by atoms with Gasteiger partial charge in [0.05, 0.1) is 17.6 Å². The SMILES string of the molecule is O=C(Cc1c[nH]c2nccc(Cl)c12)Nc1ncc(C(F)(F)F)s1. The van der Waals surface area contributed by atoms with Gasteiger partial charge in [-0.05, 0) is 11.6 Å². The summed E-state index contributed by atoms with van der Waals surface area (Å²) in [5.74, 6) is -0.492. The highest BCUT2D eigenvalue weighted by molar-refractivity contribution is 7.15. The van der Waals surface area contributed by atoms with Gasteiger partial charge < -0.3 is 10.3 Å². The number of aromatic amines is 1. The second kappa shape index (κ2) is 5.82. The van der Waals surface area contributed by atoms with Gasteiger partial charge >= 0.3 is 6.18 Å². The number of anilines is 1. The molecule has 0 spiro atoms. The molecule has 0 aliphatic rings. The summed E-state index contributed by atoms with van der Waals surface area (Å²) in [5, 5.41) is 3.29. The van der Waals surface area contributed by atoms with E-state index in [0.717, 1.165) is 0 Å². The number of nitrogens with zero attached hydrogens (tertiary/aromatic N) is 2. The molecule has 120 valence electrons. The fraction of sp³-hybridized carbons (Fsp3) is 0.154. The van der Waals surface area contributed by atoms with Crippen molar-refractivity contribution < 1.29 is 18.0 Å². The van der Waals surface area contributed by atoms with Crippen molar-refractivity contribution in [3.8, 4) is 0 Å². The maximum absolute atomic E-state index is 12.5. The highest BCUT2D eigenvalue weighted by Crippen LogP contribution is 2.35. The molecule has 0 aromatic carbocycles. The molecule has 0 unspecified atom stereocenters.